The fraction of sp³-hybridized carbons (Fsp3) is 0.286. The maximum absolute atomic E-state index is 12.9. The number of aromatic nitrogens is 3. The standard InChI is InChI=1S/C14H14BrF3N6O3S/c1-3-28(26,27)8-4-6(19)11(15)22-10(8)13(25)21-7-5-9(14(16,17)18)23-24-12(7)20-2/h4-5H,3,19H2,1-2H3,(H,20,24)(H,21,23,25). The molecule has 152 valence electrons. The topological polar surface area (TPSA) is 140 Å². The molecule has 4 N–H and O–H groups in total. The molecule has 2 rings (SSSR count). The Morgan fingerprint density at radius 1 is 1.29 bits per heavy atom. The van der Waals surface area contributed by atoms with Gasteiger partial charge in [0, 0.05) is 7.05 Å². The zero-order valence-corrected chi connectivity index (χ0v) is 16.8. The molecule has 0 saturated heterocycles. The Morgan fingerprint density at radius 3 is 2.46 bits per heavy atom. The predicted octanol–water partition coefficient (Wildman–Crippen LogP) is 2.32. The minimum absolute atomic E-state index is 0.00498. The first kappa shape index (κ1) is 21.8. The summed E-state index contributed by atoms with van der Waals surface area (Å²) in [5, 5.41) is 11.1. The summed E-state index contributed by atoms with van der Waals surface area (Å²) in [5.41, 5.74) is 3.40. The molecule has 0 bridgehead atoms. The third kappa shape index (κ3) is 4.49. The van der Waals surface area contributed by atoms with Crippen LogP contribution in [0.1, 0.15) is 23.1 Å². The lowest BCUT2D eigenvalue weighted by Gasteiger charge is -2.14. The molecule has 2 aromatic heterocycles. The number of pyridine rings is 1. The minimum atomic E-state index is -4.79. The highest BCUT2D eigenvalue weighted by molar-refractivity contribution is 9.10. The first-order valence-corrected chi connectivity index (χ1v) is 9.98. The highest BCUT2D eigenvalue weighted by atomic mass is 79.9. The number of sulfone groups is 1. The average Bonchev–Trinajstić information content (AvgIpc) is 2.62. The molecular weight excluding hydrogens is 469 g/mol. The summed E-state index contributed by atoms with van der Waals surface area (Å²) in [7, 11) is -2.54. The number of anilines is 3. The Bertz CT molecular complexity index is 1030. The van der Waals surface area contributed by atoms with Gasteiger partial charge < -0.3 is 16.4 Å². The van der Waals surface area contributed by atoms with Gasteiger partial charge in [-0.2, -0.15) is 13.2 Å². The number of nitrogens with zero attached hydrogens (tertiary/aromatic N) is 3. The molecule has 2 aromatic rings. The van der Waals surface area contributed by atoms with E-state index < -0.39 is 38.2 Å². The maximum atomic E-state index is 12.9. The minimum Gasteiger partial charge on any atom is -0.397 e. The van der Waals surface area contributed by atoms with Crippen molar-refractivity contribution in [2.24, 2.45) is 0 Å². The Balaban J connectivity index is 2.56. The summed E-state index contributed by atoms with van der Waals surface area (Å²) >= 11 is 2.99. The Labute approximate surface area is 166 Å². The predicted molar refractivity (Wildman–Crippen MR) is 98.6 cm³/mol. The first-order chi connectivity index (χ1) is 12.9. The number of carbonyl (C=O) groups is 1. The van der Waals surface area contributed by atoms with Gasteiger partial charge >= 0.3 is 6.18 Å². The van der Waals surface area contributed by atoms with Crippen LogP contribution in [0.5, 0.6) is 0 Å². The number of halogens is 4. The van der Waals surface area contributed by atoms with Crippen molar-refractivity contribution in [3.63, 3.8) is 0 Å². The molecule has 0 aliphatic heterocycles. The van der Waals surface area contributed by atoms with Crippen LogP contribution in [0.15, 0.2) is 21.6 Å². The van der Waals surface area contributed by atoms with Gasteiger partial charge in [0.05, 0.1) is 17.1 Å². The number of hydrogen-bond donors (Lipinski definition) is 3. The molecule has 0 spiro atoms. The van der Waals surface area contributed by atoms with E-state index >= 15 is 0 Å². The van der Waals surface area contributed by atoms with Crippen molar-refractivity contribution in [3.05, 3.63) is 28.1 Å². The van der Waals surface area contributed by atoms with Crippen molar-refractivity contribution in [2.45, 2.75) is 18.0 Å². The van der Waals surface area contributed by atoms with E-state index in [9.17, 15) is 26.4 Å². The van der Waals surface area contributed by atoms with Crippen LogP contribution in [0.3, 0.4) is 0 Å². The van der Waals surface area contributed by atoms with Crippen LogP contribution in [-0.4, -0.2) is 42.3 Å². The fourth-order valence-corrected chi connectivity index (χ4v) is 3.38. The highest BCUT2D eigenvalue weighted by Crippen LogP contribution is 2.31. The molecular formula is C14H14BrF3N6O3S. The van der Waals surface area contributed by atoms with Crippen molar-refractivity contribution in [2.75, 3.05) is 29.2 Å². The molecule has 1 amide bonds. The Kier molecular flexibility index (Phi) is 6.13. The molecule has 0 fully saturated rings. The number of alkyl halides is 3. The van der Waals surface area contributed by atoms with Crippen LogP contribution < -0.4 is 16.4 Å². The number of nitrogens with two attached hydrogens (primary N) is 1. The van der Waals surface area contributed by atoms with E-state index in [1.165, 1.54) is 14.0 Å². The van der Waals surface area contributed by atoms with Gasteiger partial charge in [0.15, 0.2) is 21.3 Å². The van der Waals surface area contributed by atoms with Crippen LogP contribution in [0.2, 0.25) is 0 Å². The highest BCUT2D eigenvalue weighted by Gasteiger charge is 2.34. The number of nitrogens with one attached hydrogen (secondary N) is 2. The van der Waals surface area contributed by atoms with Crippen LogP contribution in [0.4, 0.5) is 30.4 Å². The molecule has 0 unspecified atom stereocenters. The normalized spacial score (nSPS) is 11.9. The summed E-state index contributed by atoms with van der Waals surface area (Å²) in [6.07, 6.45) is -4.79. The maximum Gasteiger partial charge on any atom is 0.435 e. The molecule has 0 aliphatic carbocycles. The van der Waals surface area contributed by atoms with Gasteiger partial charge in [0.25, 0.3) is 5.91 Å². The third-order valence-electron chi connectivity index (χ3n) is 3.47. The Morgan fingerprint density at radius 2 is 1.93 bits per heavy atom. The summed E-state index contributed by atoms with van der Waals surface area (Å²) in [6.45, 7) is 1.36. The van der Waals surface area contributed by atoms with Gasteiger partial charge in [0.2, 0.25) is 0 Å². The molecule has 2 heterocycles. The smallest absolute Gasteiger partial charge is 0.397 e. The summed E-state index contributed by atoms with van der Waals surface area (Å²) in [5.74, 6) is -1.56. The lowest BCUT2D eigenvalue weighted by atomic mass is 10.3. The molecule has 28 heavy (non-hydrogen) atoms. The van der Waals surface area contributed by atoms with Crippen molar-refractivity contribution in [1.82, 2.24) is 15.2 Å². The van der Waals surface area contributed by atoms with E-state index in [0.717, 1.165) is 6.07 Å². The lowest BCUT2D eigenvalue weighted by Crippen LogP contribution is -2.21. The second kappa shape index (κ2) is 7.87. The van der Waals surface area contributed by atoms with Gasteiger partial charge in [-0.1, -0.05) is 6.92 Å². The fourth-order valence-electron chi connectivity index (χ4n) is 2.03. The van der Waals surface area contributed by atoms with E-state index in [4.69, 9.17) is 5.73 Å². The quantitative estimate of drug-likeness (QED) is 0.551. The van der Waals surface area contributed by atoms with Gasteiger partial charge in [0.1, 0.15) is 15.2 Å². The average molecular weight is 483 g/mol. The van der Waals surface area contributed by atoms with Crippen LogP contribution in [-0.2, 0) is 16.0 Å². The largest absolute Gasteiger partial charge is 0.435 e. The van der Waals surface area contributed by atoms with E-state index in [1.807, 2.05) is 0 Å². The van der Waals surface area contributed by atoms with E-state index in [1.54, 1.807) is 0 Å². The van der Waals surface area contributed by atoms with Crippen molar-refractivity contribution < 1.29 is 26.4 Å². The molecule has 0 aliphatic rings. The second-order valence-electron chi connectivity index (χ2n) is 5.31. The summed E-state index contributed by atoms with van der Waals surface area (Å²) < 4.78 is 63.2. The molecule has 0 saturated carbocycles. The van der Waals surface area contributed by atoms with Gasteiger partial charge in [-0.05, 0) is 28.1 Å². The number of hydrogen-bond acceptors (Lipinski definition) is 8. The zero-order valence-electron chi connectivity index (χ0n) is 14.4. The van der Waals surface area contributed by atoms with Gasteiger partial charge in [-0.3, -0.25) is 4.79 Å². The number of amides is 1. The van der Waals surface area contributed by atoms with Crippen molar-refractivity contribution in [3.8, 4) is 0 Å². The molecule has 14 heteroatoms. The number of rotatable bonds is 5. The van der Waals surface area contributed by atoms with E-state index in [-0.39, 0.29) is 27.5 Å². The number of carbonyl (C=O) groups excluding carboxylic acids is 1. The monoisotopic (exact) mass is 482 g/mol. The van der Waals surface area contributed by atoms with Gasteiger partial charge in [-0.25, -0.2) is 13.4 Å². The van der Waals surface area contributed by atoms with E-state index in [2.05, 4.69) is 41.7 Å². The molecule has 9 nitrogen and oxygen atoms in total. The third-order valence-corrected chi connectivity index (χ3v) is 5.84. The Hall–Kier alpha value is -2.48. The molecule has 0 radical (unpaired) electrons. The van der Waals surface area contributed by atoms with Crippen molar-refractivity contribution in [1.29, 1.82) is 0 Å². The summed E-state index contributed by atoms with van der Waals surface area (Å²) in [4.78, 5) is 16.0. The first-order valence-electron chi connectivity index (χ1n) is 7.53. The molecule has 0 aromatic carbocycles. The van der Waals surface area contributed by atoms with Crippen LogP contribution in [0, 0.1) is 0 Å². The number of nitrogen functional groups attached to an aromatic ring is 1. The zero-order chi connectivity index (χ0) is 21.3. The van der Waals surface area contributed by atoms with E-state index in [0.29, 0.717) is 6.07 Å². The second-order valence-corrected chi connectivity index (χ2v) is 8.31. The van der Waals surface area contributed by atoms with Crippen LogP contribution >= 0.6 is 15.9 Å². The SMILES string of the molecule is CCS(=O)(=O)c1cc(N)c(Br)nc1C(=O)Nc1cc(C(F)(F)F)nnc1NC. The van der Waals surface area contributed by atoms with Crippen molar-refractivity contribution >= 4 is 48.9 Å². The summed E-state index contributed by atoms with van der Waals surface area (Å²) in [6, 6.07) is 1.62. The van der Waals surface area contributed by atoms with Gasteiger partial charge in [-0.15, -0.1) is 10.2 Å². The molecule has 0 atom stereocenters. The van der Waals surface area contributed by atoms with Crippen LogP contribution in [0.25, 0.3) is 0 Å². The lowest BCUT2D eigenvalue weighted by molar-refractivity contribution is -0.141.